The number of aliphatic carboxylic acids is 2. The summed E-state index contributed by atoms with van der Waals surface area (Å²) >= 11 is 0. The van der Waals surface area contributed by atoms with Crippen molar-refractivity contribution in [1.82, 2.24) is 16.0 Å². The number of primary amides is 2. The summed E-state index contributed by atoms with van der Waals surface area (Å²) in [5.74, 6) is -7.28. The quantitative estimate of drug-likeness (QED) is 0.100. The molecule has 0 spiro atoms. The highest BCUT2D eigenvalue weighted by molar-refractivity contribution is 5.96. The van der Waals surface area contributed by atoms with Crippen molar-refractivity contribution in [2.45, 2.75) is 62.7 Å². The summed E-state index contributed by atoms with van der Waals surface area (Å²) in [6, 6.07) is 2.51. The lowest BCUT2D eigenvalue weighted by Crippen LogP contribution is -2.58. The lowest BCUT2D eigenvalue weighted by Gasteiger charge is -2.24. The number of benzene rings is 1. The summed E-state index contributed by atoms with van der Waals surface area (Å²) < 4.78 is 0. The molecule has 15 nitrogen and oxygen atoms in total. The van der Waals surface area contributed by atoms with Crippen molar-refractivity contribution >= 4 is 41.5 Å². The second kappa shape index (κ2) is 15.6. The number of nitrogens with one attached hydrogen (secondary N) is 3. The van der Waals surface area contributed by atoms with Crippen LogP contribution in [-0.4, -0.2) is 75.9 Å². The van der Waals surface area contributed by atoms with Crippen LogP contribution in [0.2, 0.25) is 0 Å². The average Bonchev–Trinajstić information content (AvgIpc) is 2.83. The molecule has 0 radical (unpaired) electrons. The van der Waals surface area contributed by atoms with Crippen molar-refractivity contribution in [2.75, 3.05) is 0 Å². The third-order valence-corrected chi connectivity index (χ3v) is 5.26. The lowest BCUT2D eigenvalue weighted by atomic mass is 10.0. The van der Waals surface area contributed by atoms with E-state index in [1.54, 1.807) is 30.3 Å². The van der Waals surface area contributed by atoms with Gasteiger partial charge < -0.3 is 43.4 Å². The Balaban J connectivity index is 3.11. The van der Waals surface area contributed by atoms with E-state index < -0.39 is 72.1 Å². The van der Waals surface area contributed by atoms with Crippen molar-refractivity contribution < 1.29 is 43.8 Å². The first kappa shape index (κ1) is 31.5. The molecule has 4 atom stereocenters. The fraction of sp³-hybridized carbons (Fsp3) is 0.435. The molecule has 0 bridgehead atoms. The van der Waals surface area contributed by atoms with Crippen molar-refractivity contribution in [3.63, 3.8) is 0 Å². The van der Waals surface area contributed by atoms with Gasteiger partial charge in [0.25, 0.3) is 0 Å². The van der Waals surface area contributed by atoms with Crippen LogP contribution in [0, 0.1) is 0 Å². The number of carbonyl (C=O) groups excluding carboxylic acids is 5. The van der Waals surface area contributed by atoms with Crippen LogP contribution >= 0.6 is 0 Å². The second-order valence-corrected chi connectivity index (χ2v) is 8.43. The van der Waals surface area contributed by atoms with Crippen molar-refractivity contribution in [3.05, 3.63) is 35.9 Å². The van der Waals surface area contributed by atoms with E-state index in [2.05, 4.69) is 16.0 Å². The van der Waals surface area contributed by atoms with Crippen LogP contribution in [-0.2, 0) is 40.0 Å². The van der Waals surface area contributed by atoms with E-state index >= 15 is 0 Å². The minimum Gasteiger partial charge on any atom is -0.481 e. The number of hydrogen-bond donors (Lipinski definition) is 8. The van der Waals surface area contributed by atoms with Crippen molar-refractivity contribution in [3.8, 4) is 0 Å². The van der Waals surface area contributed by atoms with Crippen LogP contribution in [0.25, 0.3) is 0 Å². The molecule has 1 aromatic rings. The van der Waals surface area contributed by atoms with E-state index in [1.165, 1.54) is 0 Å². The molecule has 208 valence electrons. The van der Waals surface area contributed by atoms with Gasteiger partial charge in [0, 0.05) is 19.3 Å². The van der Waals surface area contributed by atoms with Crippen molar-refractivity contribution in [1.29, 1.82) is 0 Å². The van der Waals surface area contributed by atoms with Gasteiger partial charge in [0.15, 0.2) is 0 Å². The molecule has 5 amide bonds. The Labute approximate surface area is 217 Å². The number of amides is 5. The predicted octanol–water partition coefficient (Wildman–Crippen LogP) is -2.90. The molecule has 15 heteroatoms. The van der Waals surface area contributed by atoms with Crippen LogP contribution < -0.4 is 33.2 Å². The Morgan fingerprint density at radius 3 is 1.74 bits per heavy atom. The molecule has 0 fully saturated rings. The first-order valence-corrected chi connectivity index (χ1v) is 11.5. The molecule has 0 saturated carbocycles. The van der Waals surface area contributed by atoms with Gasteiger partial charge in [0.1, 0.15) is 18.1 Å². The largest absolute Gasteiger partial charge is 0.481 e. The van der Waals surface area contributed by atoms with E-state index in [1.807, 2.05) is 0 Å². The molecular formula is C23H32N6O9. The number of carbonyl (C=O) groups is 7. The SMILES string of the molecule is NC(=O)CCC(N)C(=O)NC(CC(=O)O)C(=O)NC(Cc1ccccc1)C(=O)NC(CCC(N)=O)C(=O)O. The number of carboxylic acids is 2. The Morgan fingerprint density at radius 1 is 0.711 bits per heavy atom. The van der Waals surface area contributed by atoms with E-state index in [-0.39, 0.29) is 32.1 Å². The smallest absolute Gasteiger partial charge is 0.326 e. The van der Waals surface area contributed by atoms with Gasteiger partial charge in [-0.2, -0.15) is 0 Å². The summed E-state index contributed by atoms with van der Waals surface area (Å²) in [4.78, 5) is 83.2. The van der Waals surface area contributed by atoms with Gasteiger partial charge in [-0.25, -0.2) is 4.79 Å². The summed E-state index contributed by atoms with van der Waals surface area (Å²) in [5.41, 5.74) is 16.3. The summed E-state index contributed by atoms with van der Waals surface area (Å²) in [6.45, 7) is 0. The number of rotatable bonds is 17. The van der Waals surface area contributed by atoms with E-state index in [9.17, 15) is 43.8 Å². The Kier molecular flexibility index (Phi) is 12.9. The van der Waals surface area contributed by atoms with Gasteiger partial charge in [-0.1, -0.05) is 30.3 Å². The Hall–Kier alpha value is -4.53. The standard InChI is InChI=1S/C23H32N6O9/c24-13(6-8-17(25)30)20(34)28-16(11-19(32)33)22(36)29-15(10-12-4-2-1-3-5-12)21(35)27-14(23(37)38)7-9-18(26)31/h1-5,13-16H,6-11,24H2,(H2,25,30)(H2,26,31)(H,27,35)(H,28,34)(H,29,36)(H,32,33)(H,37,38). The first-order valence-electron chi connectivity index (χ1n) is 11.5. The maximum absolute atomic E-state index is 13.0. The molecule has 11 N–H and O–H groups in total. The van der Waals surface area contributed by atoms with E-state index in [4.69, 9.17) is 17.2 Å². The first-order chi connectivity index (χ1) is 17.8. The van der Waals surface area contributed by atoms with Crippen LogP contribution in [0.1, 0.15) is 37.7 Å². The van der Waals surface area contributed by atoms with Crippen LogP contribution in [0.4, 0.5) is 0 Å². The number of carboxylic acid groups (broad SMARTS) is 2. The third kappa shape index (κ3) is 11.9. The minimum atomic E-state index is -1.66. The van der Waals surface area contributed by atoms with Gasteiger partial charge in [-0.3, -0.25) is 28.8 Å². The molecule has 0 aliphatic carbocycles. The molecule has 0 aliphatic rings. The number of hydrogen-bond acceptors (Lipinski definition) is 8. The zero-order chi connectivity index (χ0) is 28.8. The fourth-order valence-electron chi connectivity index (χ4n) is 3.24. The average molecular weight is 537 g/mol. The van der Waals surface area contributed by atoms with Crippen LogP contribution in [0.15, 0.2) is 30.3 Å². The highest BCUT2D eigenvalue weighted by atomic mass is 16.4. The van der Waals surface area contributed by atoms with E-state index in [0.29, 0.717) is 5.56 Å². The summed E-state index contributed by atoms with van der Waals surface area (Å²) in [7, 11) is 0. The fourth-order valence-corrected chi connectivity index (χ4v) is 3.24. The molecule has 4 unspecified atom stereocenters. The van der Waals surface area contributed by atoms with Gasteiger partial charge in [-0.05, 0) is 18.4 Å². The molecule has 0 aromatic heterocycles. The normalized spacial score (nSPS) is 13.7. The van der Waals surface area contributed by atoms with Gasteiger partial charge in [0.2, 0.25) is 29.5 Å². The van der Waals surface area contributed by atoms with Gasteiger partial charge in [-0.15, -0.1) is 0 Å². The molecule has 0 saturated heterocycles. The maximum Gasteiger partial charge on any atom is 0.326 e. The van der Waals surface area contributed by atoms with Crippen LogP contribution in [0.3, 0.4) is 0 Å². The second-order valence-electron chi connectivity index (χ2n) is 8.43. The molecule has 38 heavy (non-hydrogen) atoms. The molecule has 0 heterocycles. The molecular weight excluding hydrogens is 504 g/mol. The maximum atomic E-state index is 13.0. The van der Waals surface area contributed by atoms with Crippen molar-refractivity contribution in [2.24, 2.45) is 17.2 Å². The highest BCUT2D eigenvalue weighted by Gasteiger charge is 2.31. The van der Waals surface area contributed by atoms with Gasteiger partial charge >= 0.3 is 11.9 Å². The van der Waals surface area contributed by atoms with Gasteiger partial charge in [0.05, 0.1) is 12.5 Å². The summed E-state index contributed by atoms with van der Waals surface area (Å²) in [5, 5.41) is 25.4. The lowest BCUT2D eigenvalue weighted by molar-refractivity contribution is -0.143. The third-order valence-electron chi connectivity index (χ3n) is 5.26. The van der Waals surface area contributed by atoms with E-state index in [0.717, 1.165) is 0 Å². The molecule has 1 rings (SSSR count). The topological polar surface area (TPSA) is 274 Å². The Bertz CT molecular complexity index is 1030. The molecule has 0 aliphatic heterocycles. The van der Waals surface area contributed by atoms with Crippen LogP contribution in [0.5, 0.6) is 0 Å². The molecule has 1 aromatic carbocycles. The minimum absolute atomic E-state index is 0.119. The zero-order valence-corrected chi connectivity index (χ0v) is 20.4. The highest BCUT2D eigenvalue weighted by Crippen LogP contribution is 2.07. The predicted molar refractivity (Wildman–Crippen MR) is 131 cm³/mol. The summed E-state index contributed by atoms with van der Waals surface area (Å²) in [6.07, 6.45) is -1.98. The number of nitrogens with two attached hydrogens (primary N) is 3. The zero-order valence-electron chi connectivity index (χ0n) is 20.4. The Morgan fingerprint density at radius 2 is 1.21 bits per heavy atom. The monoisotopic (exact) mass is 536 g/mol.